The van der Waals surface area contributed by atoms with E-state index in [1.165, 1.54) is 77.9 Å². The van der Waals surface area contributed by atoms with Crippen LogP contribution in [0.1, 0.15) is 38.5 Å². The minimum Gasteiger partial charge on any atom is -0.342 e. The predicted molar refractivity (Wildman–Crippen MR) is 137 cm³/mol. The molecule has 0 bridgehead atoms. The Hall–Kier alpha value is -0.776. The first-order valence-corrected chi connectivity index (χ1v) is 12.9. The van der Waals surface area contributed by atoms with Gasteiger partial charge in [-0.1, -0.05) is 10.4 Å². The molecule has 10 nitrogen and oxygen atoms in total. The molecule has 4 rings (SSSR count). The van der Waals surface area contributed by atoms with Crippen LogP contribution in [0.5, 0.6) is 0 Å². The predicted octanol–water partition coefficient (Wildman–Crippen LogP) is 1.30. The average molecular weight is 565 g/mol. The molecule has 0 aromatic carbocycles. The van der Waals surface area contributed by atoms with Gasteiger partial charge in [0.25, 0.3) is 0 Å². The Balaban J connectivity index is 0.000000287. The Bertz CT molecular complexity index is 666. The first-order valence-electron chi connectivity index (χ1n) is 12.9. The van der Waals surface area contributed by atoms with Gasteiger partial charge < -0.3 is 27.8 Å². The summed E-state index contributed by atoms with van der Waals surface area (Å²) in [5.41, 5.74) is 0. The Morgan fingerprint density at radius 2 is 1.37 bits per heavy atom. The summed E-state index contributed by atoms with van der Waals surface area (Å²) in [4.78, 5) is 2.57. The molecule has 2 saturated heterocycles. The number of aryl methyl sites for hydroxylation is 2. The Morgan fingerprint density at radius 3 is 1.86 bits per heavy atom. The van der Waals surface area contributed by atoms with Crippen molar-refractivity contribution in [2.75, 3.05) is 59.9 Å². The molecule has 0 spiro atoms. The minimum absolute atomic E-state index is 0. The molecule has 11 heteroatoms. The van der Waals surface area contributed by atoms with Crippen LogP contribution in [0, 0.1) is 18.8 Å². The molecule has 2 aromatic rings. The largest absolute Gasteiger partial charge is 0.342 e. The van der Waals surface area contributed by atoms with Crippen molar-refractivity contribution in [2.24, 2.45) is 11.8 Å². The van der Waals surface area contributed by atoms with Gasteiger partial charge in [0.05, 0.1) is 12.4 Å². The zero-order valence-corrected chi connectivity index (χ0v) is 24.8. The number of piperidine rings is 2. The molecule has 4 heterocycles. The van der Waals surface area contributed by atoms with Crippen molar-refractivity contribution >= 4 is 0 Å². The van der Waals surface area contributed by atoms with E-state index in [2.05, 4.69) is 48.4 Å². The maximum atomic E-state index is 3.98. The van der Waals surface area contributed by atoms with E-state index in [0.717, 1.165) is 31.3 Å². The van der Waals surface area contributed by atoms with Crippen molar-refractivity contribution in [3.8, 4) is 0 Å². The number of hydrogen-bond donors (Lipinski definition) is 3. The summed E-state index contributed by atoms with van der Waals surface area (Å²) in [7, 11) is 4.08. The molecule has 3 N–H and O–H groups in total. The monoisotopic (exact) mass is 564 g/mol. The van der Waals surface area contributed by atoms with Gasteiger partial charge in [0.1, 0.15) is 0 Å². The molecule has 35 heavy (non-hydrogen) atoms. The molecular weight excluding hydrogens is 517 g/mol. The van der Waals surface area contributed by atoms with Gasteiger partial charge in [0, 0.05) is 58.2 Å². The van der Waals surface area contributed by atoms with E-state index in [4.69, 9.17) is 0 Å². The van der Waals surface area contributed by atoms with Crippen LogP contribution in [-0.2, 0) is 45.8 Å². The molecular formula is C24H47N10Y-. The van der Waals surface area contributed by atoms with E-state index < -0.39 is 0 Å². The molecule has 2 aromatic heterocycles. The maximum Gasteiger partial charge on any atom is 0.0692 e. The van der Waals surface area contributed by atoms with Crippen molar-refractivity contribution in [1.29, 1.82) is 0 Å². The van der Waals surface area contributed by atoms with Crippen LogP contribution in [0.4, 0.5) is 0 Å². The van der Waals surface area contributed by atoms with E-state index in [1.54, 1.807) is 17.1 Å². The van der Waals surface area contributed by atoms with Crippen LogP contribution in [0.2, 0.25) is 0 Å². The molecule has 0 aliphatic carbocycles. The molecule has 197 valence electrons. The summed E-state index contributed by atoms with van der Waals surface area (Å²) in [5.74, 6) is 1.81. The van der Waals surface area contributed by atoms with E-state index in [9.17, 15) is 0 Å². The fourth-order valence-electron chi connectivity index (χ4n) is 4.40. The van der Waals surface area contributed by atoms with Gasteiger partial charge in [-0.05, 0) is 104 Å². The van der Waals surface area contributed by atoms with Gasteiger partial charge in [-0.2, -0.15) is 6.42 Å². The van der Waals surface area contributed by atoms with Crippen molar-refractivity contribution in [3.63, 3.8) is 0 Å². The fraction of sp³-hybridized carbons (Fsp3) is 0.792. The van der Waals surface area contributed by atoms with Crippen molar-refractivity contribution in [1.82, 2.24) is 50.8 Å². The van der Waals surface area contributed by atoms with Crippen LogP contribution >= 0.6 is 0 Å². The number of hydrogen-bond acceptors (Lipinski definition) is 8. The van der Waals surface area contributed by atoms with Crippen LogP contribution in [0.15, 0.2) is 24.8 Å². The number of aromatic nitrogens is 6. The second-order valence-electron chi connectivity index (χ2n) is 9.13. The molecule has 0 amide bonds. The third-order valence-corrected chi connectivity index (χ3v) is 6.34. The van der Waals surface area contributed by atoms with Gasteiger partial charge in [0.2, 0.25) is 0 Å². The quantitative estimate of drug-likeness (QED) is 0.372. The van der Waals surface area contributed by atoms with Crippen molar-refractivity contribution in [2.45, 2.75) is 51.6 Å². The van der Waals surface area contributed by atoms with E-state index in [0.29, 0.717) is 0 Å². The van der Waals surface area contributed by atoms with Crippen molar-refractivity contribution in [3.05, 3.63) is 31.7 Å². The second-order valence-corrected chi connectivity index (χ2v) is 9.13. The summed E-state index contributed by atoms with van der Waals surface area (Å²) in [6, 6.07) is 0. The summed E-state index contributed by atoms with van der Waals surface area (Å²) in [6.07, 6.45) is 14.6. The van der Waals surface area contributed by atoms with Gasteiger partial charge in [-0.3, -0.25) is 9.36 Å². The summed E-state index contributed by atoms with van der Waals surface area (Å²) in [6.45, 7) is 14.0. The van der Waals surface area contributed by atoms with Gasteiger partial charge >= 0.3 is 0 Å². The van der Waals surface area contributed by atoms with Gasteiger partial charge in [-0.25, -0.2) is 0 Å². The van der Waals surface area contributed by atoms with Crippen molar-refractivity contribution < 1.29 is 32.7 Å². The van der Waals surface area contributed by atoms with Crippen LogP contribution < -0.4 is 16.0 Å². The van der Waals surface area contributed by atoms with Crippen LogP contribution in [0.25, 0.3) is 0 Å². The minimum atomic E-state index is 0. The molecule has 0 saturated carbocycles. The first kappa shape index (κ1) is 32.3. The molecule has 2 fully saturated rings. The Morgan fingerprint density at radius 1 is 0.829 bits per heavy atom. The Labute approximate surface area is 237 Å². The standard InChI is InChI=1S/C12H23N5.C7H16N2.C5H8N3.Y/c1-13-11-12-3-8-16(9-4-12)6-2-7-17-10-5-14-15-17;1-8-6-7-2-4-9-5-3-7;1-2-4-8-5-3-6-7-8;/h5,10,12-13H,2-4,6-9,11H2,1H3;7-9H,2-6H2,1H3;3,5H,1-2,4H2;/q;;-1;. The van der Waals surface area contributed by atoms with Gasteiger partial charge in [0.15, 0.2) is 0 Å². The number of nitrogens with one attached hydrogen (secondary N) is 3. The SMILES string of the molecule is CNCC1CCN(CCCn2ccnn2)CC1.CNCC1CCNCC1.[CH2-]CCn1ccnn1.[Y]. The smallest absolute Gasteiger partial charge is 0.0692 e. The fourth-order valence-corrected chi connectivity index (χ4v) is 4.40. The van der Waals surface area contributed by atoms with E-state index in [1.807, 2.05) is 31.2 Å². The molecule has 0 atom stereocenters. The first-order chi connectivity index (χ1) is 16.7. The molecule has 0 unspecified atom stereocenters. The van der Waals surface area contributed by atoms with E-state index in [-0.39, 0.29) is 32.7 Å². The summed E-state index contributed by atoms with van der Waals surface area (Å²) in [5, 5.41) is 25.0. The van der Waals surface area contributed by atoms with Gasteiger partial charge in [-0.15, -0.1) is 10.2 Å². The zero-order valence-electron chi connectivity index (χ0n) is 22.0. The zero-order chi connectivity index (χ0) is 24.3. The topological polar surface area (TPSA) is 101 Å². The third kappa shape index (κ3) is 15.2. The summed E-state index contributed by atoms with van der Waals surface area (Å²) < 4.78 is 3.67. The number of nitrogens with zero attached hydrogens (tertiary/aromatic N) is 7. The average Bonchev–Trinajstić information content (AvgIpc) is 3.57. The molecule has 1 radical (unpaired) electrons. The molecule has 2 aliphatic rings. The second kappa shape index (κ2) is 21.3. The molecule has 2 aliphatic heterocycles. The van der Waals surface area contributed by atoms with Crippen LogP contribution in [0.3, 0.4) is 0 Å². The normalized spacial score (nSPS) is 17.0. The Kier molecular flexibility index (Phi) is 19.6. The van der Waals surface area contributed by atoms with Crippen LogP contribution in [-0.4, -0.2) is 94.8 Å². The summed E-state index contributed by atoms with van der Waals surface area (Å²) >= 11 is 0. The number of likely N-dealkylation sites (tertiary alicyclic amines) is 1. The third-order valence-electron chi connectivity index (χ3n) is 6.34. The van der Waals surface area contributed by atoms with E-state index >= 15 is 0 Å². The maximum absolute atomic E-state index is 3.98. The number of rotatable bonds is 10.